The molecule has 11 heteroatoms. The lowest BCUT2D eigenvalue weighted by atomic mass is 10.1. The van der Waals surface area contributed by atoms with Gasteiger partial charge >= 0.3 is 0 Å². The summed E-state index contributed by atoms with van der Waals surface area (Å²) in [4.78, 5) is 27.7. The second-order valence-electron chi connectivity index (χ2n) is 8.23. The number of sulfonamides is 1. The Labute approximate surface area is 222 Å². The second kappa shape index (κ2) is 12.8. The fourth-order valence-corrected chi connectivity index (χ4v) is 4.95. The molecule has 2 aromatic carbocycles. The van der Waals surface area contributed by atoms with Crippen molar-refractivity contribution in [1.82, 2.24) is 10.2 Å². The van der Waals surface area contributed by atoms with Crippen molar-refractivity contribution in [2.24, 2.45) is 0 Å². The molecule has 0 spiro atoms. The van der Waals surface area contributed by atoms with Crippen molar-refractivity contribution in [1.29, 1.82) is 0 Å². The predicted molar refractivity (Wildman–Crippen MR) is 143 cm³/mol. The van der Waals surface area contributed by atoms with E-state index in [4.69, 9.17) is 34.8 Å². The molecular formula is C24H30Cl3N3O4S. The van der Waals surface area contributed by atoms with Crippen LogP contribution in [0.1, 0.15) is 37.8 Å². The molecule has 0 aliphatic heterocycles. The van der Waals surface area contributed by atoms with E-state index in [2.05, 4.69) is 5.32 Å². The van der Waals surface area contributed by atoms with Gasteiger partial charge in [-0.3, -0.25) is 13.9 Å². The molecule has 0 radical (unpaired) electrons. The van der Waals surface area contributed by atoms with Crippen LogP contribution in [0.25, 0.3) is 0 Å². The van der Waals surface area contributed by atoms with Crippen LogP contribution in [0, 0.1) is 6.92 Å². The summed E-state index contributed by atoms with van der Waals surface area (Å²) in [6.07, 6.45) is 2.72. The average Bonchev–Trinajstić information content (AvgIpc) is 2.78. The molecule has 2 rings (SSSR count). The number of unbranched alkanes of at least 4 members (excludes halogenated alkanes) is 1. The Kier molecular flexibility index (Phi) is 10.7. The molecule has 1 atom stereocenters. The van der Waals surface area contributed by atoms with Gasteiger partial charge in [-0.15, -0.1) is 0 Å². The Balaban J connectivity index is 2.43. The lowest BCUT2D eigenvalue weighted by Crippen LogP contribution is -2.51. The normalized spacial score (nSPS) is 12.2. The molecule has 0 aliphatic carbocycles. The van der Waals surface area contributed by atoms with Gasteiger partial charge in [-0.25, -0.2) is 8.42 Å². The first kappa shape index (κ1) is 29.2. The molecule has 0 heterocycles. The second-order valence-corrected chi connectivity index (χ2v) is 11.4. The molecule has 2 amide bonds. The quantitative estimate of drug-likeness (QED) is 0.388. The van der Waals surface area contributed by atoms with Crippen molar-refractivity contribution in [3.05, 3.63) is 62.6 Å². The van der Waals surface area contributed by atoms with Gasteiger partial charge in [-0.2, -0.15) is 0 Å². The molecular weight excluding hydrogens is 533 g/mol. The van der Waals surface area contributed by atoms with E-state index in [9.17, 15) is 18.0 Å². The van der Waals surface area contributed by atoms with Gasteiger partial charge in [0.05, 0.1) is 11.9 Å². The minimum atomic E-state index is -3.85. The van der Waals surface area contributed by atoms with Crippen LogP contribution in [0.15, 0.2) is 36.4 Å². The molecule has 0 saturated carbocycles. The van der Waals surface area contributed by atoms with E-state index in [1.165, 1.54) is 4.90 Å². The summed E-state index contributed by atoms with van der Waals surface area (Å²) < 4.78 is 26.4. The third-order valence-corrected chi connectivity index (χ3v) is 7.66. The summed E-state index contributed by atoms with van der Waals surface area (Å²) in [7, 11) is -3.85. The monoisotopic (exact) mass is 561 g/mol. The minimum absolute atomic E-state index is 0.0106. The Morgan fingerprint density at radius 3 is 2.37 bits per heavy atom. The first-order valence-electron chi connectivity index (χ1n) is 11.1. The molecule has 1 unspecified atom stereocenters. The fraction of sp³-hybridized carbons (Fsp3) is 0.417. The molecule has 35 heavy (non-hydrogen) atoms. The number of benzene rings is 2. The van der Waals surface area contributed by atoms with Gasteiger partial charge in [0.25, 0.3) is 0 Å². The predicted octanol–water partition coefficient (Wildman–Crippen LogP) is 5.05. The highest BCUT2D eigenvalue weighted by molar-refractivity contribution is 7.92. The van der Waals surface area contributed by atoms with Crippen LogP contribution in [0.2, 0.25) is 15.1 Å². The number of halogens is 3. The lowest BCUT2D eigenvalue weighted by molar-refractivity contribution is -0.139. The van der Waals surface area contributed by atoms with Crippen LogP contribution in [-0.2, 0) is 26.2 Å². The van der Waals surface area contributed by atoms with Gasteiger partial charge in [-0.1, -0.05) is 60.3 Å². The molecule has 2 aromatic rings. The lowest BCUT2D eigenvalue weighted by Gasteiger charge is -2.32. The van der Waals surface area contributed by atoms with Gasteiger partial charge in [0.15, 0.2) is 0 Å². The van der Waals surface area contributed by atoms with E-state index in [1.807, 2.05) is 6.92 Å². The molecule has 0 saturated heterocycles. The van der Waals surface area contributed by atoms with Crippen molar-refractivity contribution in [3.8, 4) is 0 Å². The van der Waals surface area contributed by atoms with Gasteiger partial charge in [-0.05, 0) is 55.7 Å². The maximum absolute atomic E-state index is 13.6. The van der Waals surface area contributed by atoms with Crippen LogP contribution in [0.3, 0.4) is 0 Å². The Bertz CT molecular complexity index is 1170. The zero-order valence-corrected chi connectivity index (χ0v) is 23.2. The molecule has 0 aliphatic rings. The van der Waals surface area contributed by atoms with E-state index in [1.54, 1.807) is 50.2 Å². The molecule has 192 valence electrons. The SMILES string of the molecule is CCCCNC(=O)C(C)N(Cc1ccc(Cl)cc1Cl)C(=O)CN(c1cccc(Cl)c1C)S(C)(=O)=O. The summed E-state index contributed by atoms with van der Waals surface area (Å²) in [5.74, 6) is -0.916. The van der Waals surface area contributed by atoms with Crippen molar-refractivity contribution in [2.75, 3.05) is 23.7 Å². The van der Waals surface area contributed by atoms with E-state index in [0.717, 1.165) is 23.4 Å². The number of hydrogen-bond donors (Lipinski definition) is 1. The summed E-state index contributed by atoms with van der Waals surface area (Å²) in [6, 6.07) is 8.80. The van der Waals surface area contributed by atoms with E-state index >= 15 is 0 Å². The Hall–Kier alpha value is -2.00. The number of carbonyl (C=O) groups excluding carboxylic acids is 2. The highest BCUT2D eigenvalue weighted by Crippen LogP contribution is 2.29. The zero-order valence-electron chi connectivity index (χ0n) is 20.1. The maximum Gasteiger partial charge on any atom is 0.244 e. The third-order valence-electron chi connectivity index (χ3n) is 5.54. The first-order valence-corrected chi connectivity index (χ1v) is 14.1. The molecule has 1 N–H and O–H groups in total. The summed E-state index contributed by atoms with van der Waals surface area (Å²) in [6.45, 7) is 5.22. The van der Waals surface area contributed by atoms with Crippen LogP contribution in [-0.4, -0.2) is 50.5 Å². The number of nitrogens with zero attached hydrogens (tertiary/aromatic N) is 2. The van der Waals surface area contributed by atoms with Crippen molar-refractivity contribution < 1.29 is 18.0 Å². The molecule has 0 bridgehead atoms. The number of carbonyl (C=O) groups is 2. The van der Waals surface area contributed by atoms with Crippen molar-refractivity contribution in [3.63, 3.8) is 0 Å². The third kappa shape index (κ3) is 8.00. The van der Waals surface area contributed by atoms with Gasteiger partial charge in [0, 0.05) is 28.2 Å². The fourth-order valence-electron chi connectivity index (χ4n) is 3.41. The standard InChI is InChI=1S/C24H30Cl3N3O4S/c1-5-6-12-28-24(32)17(3)29(14-18-10-11-19(25)13-21(18)27)23(31)15-30(35(4,33)34)22-9-7-8-20(26)16(22)2/h7-11,13,17H,5-6,12,14-15H2,1-4H3,(H,28,32). The smallest absolute Gasteiger partial charge is 0.244 e. The Morgan fingerprint density at radius 1 is 1.09 bits per heavy atom. The average molecular weight is 563 g/mol. The molecule has 7 nitrogen and oxygen atoms in total. The topological polar surface area (TPSA) is 86.8 Å². The highest BCUT2D eigenvalue weighted by atomic mass is 35.5. The van der Waals surface area contributed by atoms with Crippen molar-refractivity contribution >= 4 is 62.3 Å². The Morgan fingerprint density at radius 2 is 1.77 bits per heavy atom. The van der Waals surface area contributed by atoms with Crippen LogP contribution >= 0.6 is 34.8 Å². The van der Waals surface area contributed by atoms with Crippen molar-refractivity contribution in [2.45, 2.75) is 46.2 Å². The summed E-state index contributed by atoms with van der Waals surface area (Å²) in [5.41, 5.74) is 1.38. The largest absolute Gasteiger partial charge is 0.354 e. The van der Waals surface area contributed by atoms with Gasteiger partial charge in [0.1, 0.15) is 12.6 Å². The minimum Gasteiger partial charge on any atom is -0.354 e. The van der Waals surface area contributed by atoms with Gasteiger partial charge in [0.2, 0.25) is 21.8 Å². The summed E-state index contributed by atoms with van der Waals surface area (Å²) in [5, 5.41) is 3.96. The number of rotatable bonds is 11. The number of anilines is 1. The highest BCUT2D eigenvalue weighted by Gasteiger charge is 2.31. The zero-order chi connectivity index (χ0) is 26.3. The van der Waals surface area contributed by atoms with E-state index in [0.29, 0.717) is 32.7 Å². The van der Waals surface area contributed by atoms with E-state index < -0.39 is 28.5 Å². The van der Waals surface area contributed by atoms with E-state index in [-0.39, 0.29) is 18.1 Å². The van der Waals surface area contributed by atoms with Crippen LogP contribution < -0.4 is 9.62 Å². The van der Waals surface area contributed by atoms with Crippen LogP contribution in [0.5, 0.6) is 0 Å². The first-order chi connectivity index (χ1) is 16.4. The maximum atomic E-state index is 13.6. The number of hydrogen-bond acceptors (Lipinski definition) is 4. The molecule has 0 aromatic heterocycles. The number of nitrogens with one attached hydrogen (secondary N) is 1. The summed E-state index contributed by atoms with van der Waals surface area (Å²) >= 11 is 18.5. The van der Waals surface area contributed by atoms with Crippen LogP contribution in [0.4, 0.5) is 5.69 Å². The van der Waals surface area contributed by atoms with Gasteiger partial charge < -0.3 is 10.2 Å². The molecule has 0 fully saturated rings. The number of amides is 2.